The maximum absolute atomic E-state index is 12.4. The van der Waals surface area contributed by atoms with Crippen molar-refractivity contribution in [3.63, 3.8) is 0 Å². The highest BCUT2D eigenvalue weighted by molar-refractivity contribution is 7.99. The molecule has 0 aliphatic carbocycles. The Balaban J connectivity index is 1.51. The number of piperidine rings is 1. The Morgan fingerprint density at radius 3 is 2.55 bits per heavy atom. The van der Waals surface area contributed by atoms with E-state index in [1.54, 1.807) is 32.4 Å². The van der Waals surface area contributed by atoms with Crippen LogP contribution in [0.1, 0.15) is 26.2 Å². The summed E-state index contributed by atoms with van der Waals surface area (Å²) < 4.78 is 10.5. The van der Waals surface area contributed by atoms with Gasteiger partial charge in [-0.05, 0) is 31.4 Å². The van der Waals surface area contributed by atoms with Gasteiger partial charge in [0.2, 0.25) is 11.8 Å². The lowest BCUT2D eigenvalue weighted by atomic mass is 9.97. The van der Waals surface area contributed by atoms with Crippen molar-refractivity contribution in [1.82, 2.24) is 15.5 Å². The topological polar surface area (TPSA) is 106 Å². The molecule has 0 saturated carbocycles. The van der Waals surface area contributed by atoms with Gasteiger partial charge in [0, 0.05) is 43.5 Å². The molecule has 9 nitrogen and oxygen atoms in total. The number of carbonyl (C=O) groups excluding carboxylic acids is 2. The Labute approximate surface area is 198 Å². The molecule has 2 amide bonds. The van der Waals surface area contributed by atoms with Crippen LogP contribution in [0.25, 0.3) is 0 Å². The van der Waals surface area contributed by atoms with Crippen LogP contribution in [0.15, 0.2) is 35.4 Å². The Hall–Kier alpha value is -3.01. The summed E-state index contributed by atoms with van der Waals surface area (Å²) in [7, 11) is 3.12. The Morgan fingerprint density at radius 2 is 1.91 bits per heavy atom. The first-order chi connectivity index (χ1) is 16.0. The normalized spacial score (nSPS) is 15.6. The number of carbonyl (C=O) groups is 2. The van der Waals surface area contributed by atoms with Gasteiger partial charge in [0.05, 0.1) is 25.9 Å². The molecule has 0 spiro atoms. The molecule has 2 heterocycles. The van der Waals surface area contributed by atoms with E-state index in [0.29, 0.717) is 35.3 Å². The van der Waals surface area contributed by atoms with Crippen LogP contribution < -0.4 is 25.0 Å². The van der Waals surface area contributed by atoms with Crippen LogP contribution in [0, 0.1) is 5.92 Å². The van der Waals surface area contributed by atoms with Gasteiger partial charge < -0.3 is 25.0 Å². The highest BCUT2D eigenvalue weighted by Crippen LogP contribution is 2.26. The van der Waals surface area contributed by atoms with E-state index in [9.17, 15) is 9.59 Å². The zero-order valence-corrected chi connectivity index (χ0v) is 20.1. The highest BCUT2D eigenvalue weighted by Gasteiger charge is 2.26. The van der Waals surface area contributed by atoms with E-state index in [1.807, 2.05) is 19.1 Å². The molecule has 33 heavy (non-hydrogen) atoms. The van der Waals surface area contributed by atoms with Gasteiger partial charge in [-0.25, -0.2) is 0 Å². The predicted molar refractivity (Wildman–Crippen MR) is 129 cm³/mol. The monoisotopic (exact) mass is 473 g/mol. The van der Waals surface area contributed by atoms with Crippen molar-refractivity contribution in [3.05, 3.63) is 30.3 Å². The molecule has 178 valence electrons. The SMILES string of the molecule is CCCNC(=O)[C@H]1CCCN(c2ccc(SCC(=O)Nc3cc(OC)cc(OC)c3)nn2)C1. The third-order valence-corrected chi connectivity index (χ3v) is 6.20. The zero-order chi connectivity index (χ0) is 23.6. The number of ether oxygens (including phenoxy) is 2. The van der Waals surface area contributed by atoms with E-state index in [1.165, 1.54) is 11.8 Å². The van der Waals surface area contributed by atoms with Crippen LogP contribution in [-0.2, 0) is 9.59 Å². The van der Waals surface area contributed by atoms with Gasteiger partial charge >= 0.3 is 0 Å². The number of nitrogens with one attached hydrogen (secondary N) is 2. The molecule has 0 bridgehead atoms. The number of methoxy groups -OCH3 is 2. The molecule has 1 atom stereocenters. The van der Waals surface area contributed by atoms with Crippen LogP contribution in [0.3, 0.4) is 0 Å². The second-order valence-corrected chi connectivity index (χ2v) is 8.74. The van der Waals surface area contributed by atoms with Crippen molar-refractivity contribution in [2.24, 2.45) is 5.92 Å². The lowest BCUT2D eigenvalue weighted by molar-refractivity contribution is -0.125. The van der Waals surface area contributed by atoms with Gasteiger partial charge in [-0.1, -0.05) is 18.7 Å². The van der Waals surface area contributed by atoms with Crippen molar-refractivity contribution < 1.29 is 19.1 Å². The maximum atomic E-state index is 12.4. The third-order valence-electron chi connectivity index (χ3n) is 5.28. The molecule has 1 fully saturated rings. The number of anilines is 2. The molecule has 1 aliphatic heterocycles. The molecule has 0 radical (unpaired) electrons. The molecule has 2 aromatic rings. The lowest BCUT2D eigenvalue weighted by Crippen LogP contribution is -2.43. The summed E-state index contributed by atoms with van der Waals surface area (Å²) in [6.07, 6.45) is 2.76. The number of hydrogen-bond donors (Lipinski definition) is 2. The highest BCUT2D eigenvalue weighted by atomic mass is 32.2. The average Bonchev–Trinajstić information content (AvgIpc) is 2.86. The lowest BCUT2D eigenvalue weighted by Gasteiger charge is -2.32. The van der Waals surface area contributed by atoms with E-state index in [0.717, 1.165) is 31.6 Å². The summed E-state index contributed by atoms with van der Waals surface area (Å²) >= 11 is 1.31. The molecule has 10 heteroatoms. The first kappa shape index (κ1) is 24.6. The van der Waals surface area contributed by atoms with Crippen molar-refractivity contribution in [3.8, 4) is 11.5 Å². The second-order valence-electron chi connectivity index (χ2n) is 7.74. The Bertz CT molecular complexity index is 919. The minimum Gasteiger partial charge on any atom is -0.497 e. The standard InChI is InChI=1S/C23H31N5O4S/c1-4-9-24-23(30)16-6-5-10-28(14-16)20-7-8-22(27-26-20)33-15-21(29)25-17-11-18(31-2)13-19(12-17)32-3/h7-8,11-13,16H,4-6,9-10,14-15H2,1-3H3,(H,24,30)(H,25,29)/t16-/m0/s1. The number of aromatic nitrogens is 2. The Kier molecular flexibility index (Phi) is 9.17. The summed E-state index contributed by atoms with van der Waals surface area (Å²) in [6.45, 7) is 4.25. The largest absolute Gasteiger partial charge is 0.497 e. The summed E-state index contributed by atoms with van der Waals surface area (Å²) in [5.74, 6) is 2.06. The minimum absolute atomic E-state index is 0.0277. The fraction of sp³-hybridized carbons (Fsp3) is 0.478. The van der Waals surface area contributed by atoms with Crippen LogP contribution in [-0.4, -0.2) is 61.6 Å². The van der Waals surface area contributed by atoms with Crippen LogP contribution in [0.5, 0.6) is 11.5 Å². The molecule has 1 aromatic heterocycles. The van der Waals surface area contributed by atoms with Crippen LogP contribution >= 0.6 is 11.8 Å². The molecule has 1 aliphatic rings. The Morgan fingerprint density at radius 1 is 1.15 bits per heavy atom. The first-order valence-corrected chi connectivity index (χ1v) is 12.0. The average molecular weight is 474 g/mol. The first-order valence-electron chi connectivity index (χ1n) is 11.0. The molecule has 1 saturated heterocycles. The van der Waals surface area contributed by atoms with Gasteiger partial charge in [-0.3, -0.25) is 9.59 Å². The summed E-state index contributed by atoms with van der Waals surface area (Å²) in [4.78, 5) is 26.8. The summed E-state index contributed by atoms with van der Waals surface area (Å²) in [6, 6.07) is 8.95. The minimum atomic E-state index is -0.168. The third kappa shape index (κ3) is 7.24. The van der Waals surface area contributed by atoms with Crippen molar-refractivity contribution in [2.45, 2.75) is 31.2 Å². The second kappa shape index (κ2) is 12.3. The van der Waals surface area contributed by atoms with Crippen LogP contribution in [0.4, 0.5) is 11.5 Å². The number of rotatable bonds is 10. The van der Waals surface area contributed by atoms with E-state index < -0.39 is 0 Å². The molecule has 0 unspecified atom stereocenters. The molecular formula is C23H31N5O4S. The van der Waals surface area contributed by atoms with E-state index >= 15 is 0 Å². The fourth-order valence-corrected chi connectivity index (χ4v) is 4.18. The van der Waals surface area contributed by atoms with Gasteiger partial charge in [-0.15, -0.1) is 10.2 Å². The number of amides is 2. The predicted octanol–water partition coefficient (Wildman–Crippen LogP) is 2.97. The van der Waals surface area contributed by atoms with E-state index in [4.69, 9.17) is 9.47 Å². The number of hydrogen-bond acceptors (Lipinski definition) is 8. The zero-order valence-electron chi connectivity index (χ0n) is 19.3. The van der Waals surface area contributed by atoms with Gasteiger partial charge in [0.25, 0.3) is 0 Å². The maximum Gasteiger partial charge on any atom is 0.234 e. The number of nitrogens with zero attached hydrogens (tertiary/aromatic N) is 3. The quantitative estimate of drug-likeness (QED) is 0.508. The number of thioether (sulfide) groups is 1. The smallest absolute Gasteiger partial charge is 0.234 e. The summed E-state index contributed by atoms with van der Waals surface area (Å²) in [5.41, 5.74) is 0.598. The van der Waals surface area contributed by atoms with E-state index in [-0.39, 0.29) is 23.5 Å². The van der Waals surface area contributed by atoms with Crippen molar-refractivity contribution >= 4 is 35.1 Å². The van der Waals surface area contributed by atoms with E-state index in [2.05, 4.69) is 25.7 Å². The molecular weight excluding hydrogens is 442 g/mol. The molecule has 2 N–H and O–H groups in total. The van der Waals surface area contributed by atoms with Crippen molar-refractivity contribution in [2.75, 3.05) is 49.8 Å². The molecule has 1 aromatic carbocycles. The van der Waals surface area contributed by atoms with Crippen molar-refractivity contribution in [1.29, 1.82) is 0 Å². The van der Waals surface area contributed by atoms with Gasteiger partial charge in [0.15, 0.2) is 5.82 Å². The fourth-order valence-electron chi connectivity index (χ4n) is 3.57. The summed E-state index contributed by atoms with van der Waals surface area (Å²) in [5, 5.41) is 15.1. The van der Waals surface area contributed by atoms with Crippen LogP contribution in [0.2, 0.25) is 0 Å². The van der Waals surface area contributed by atoms with Gasteiger partial charge in [-0.2, -0.15) is 0 Å². The van der Waals surface area contributed by atoms with Gasteiger partial charge in [0.1, 0.15) is 16.5 Å². The molecule has 3 rings (SSSR count). The number of benzene rings is 1.